The van der Waals surface area contributed by atoms with Crippen LogP contribution in [0.2, 0.25) is 0 Å². The predicted octanol–water partition coefficient (Wildman–Crippen LogP) is 4.71. The number of allylic oxidation sites excluding steroid dienone is 8. The van der Waals surface area contributed by atoms with Gasteiger partial charge in [0.15, 0.2) is 0 Å². The summed E-state index contributed by atoms with van der Waals surface area (Å²) in [4.78, 5) is 0. The zero-order chi connectivity index (χ0) is 13.5. The fourth-order valence-electron chi connectivity index (χ4n) is 4.76. The van der Waals surface area contributed by atoms with E-state index in [4.69, 9.17) is 0 Å². The molecule has 0 radical (unpaired) electrons. The van der Waals surface area contributed by atoms with Crippen molar-refractivity contribution < 1.29 is 0 Å². The molecule has 1 nitrogen and oxygen atoms in total. The van der Waals surface area contributed by atoms with Crippen LogP contribution in [0.3, 0.4) is 0 Å². The van der Waals surface area contributed by atoms with Gasteiger partial charge in [-0.05, 0) is 48.7 Å². The third kappa shape index (κ3) is 1.74. The van der Waals surface area contributed by atoms with Crippen molar-refractivity contribution in [3.63, 3.8) is 0 Å². The van der Waals surface area contributed by atoms with Gasteiger partial charge in [-0.2, -0.15) is 5.26 Å². The third-order valence-electron chi connectivity index (χ3n) is 5.64. The highest BCUT2D eigenvalue weighted by molar-refractivity contribution is 5.50. The minimum atomic E-state index is 0.112. The molecule has 2 fully saturated rings. The van der Waals surface area contributed by atoms with Gasteiger partial charge in [0, 0.05) is 5.92 Å². The van der Waals surface area contributed by atoms with Crippen LogP contribution in [0.15, 0.2) is 47.1 Å². The van der Waals surface area contributed by atoms with E-state index in [1.165, 1.54) is 25.7 Å². The smallest absolute Gasteiger partial charge is 0.0700 e. The molecule has 0 aromatic carbocycles. The fraction of sp³-hybridized carbons (Fsp3) is 0.526. The molecule has 0 N–H and O–H groups in total. The molecule has 0 aliphatic heterocycles. The van der Waals surface area contributed by atoms with Gasteiger partial charge in [-0.1, -0.05) is 48.8 Å². The van der Waals surface area contributed by atoms with Crippen LogP contribution in [-0.4, -0.2) is 0 Å². The van der Waals surface area contributed by atoms with Gasteiger partial charge in [0.05, 0.1) is 12.0 Å². The van der Waals surface area contributed by atoms with E-state index in [0.29, 0.717) is 11.8 Å². The van der Waals surface area contributed by atoms with Crippen LogP contribution in [0, 0.1) is 35.0 Å². The topological polar surface area (TPSA) is 23.8 Å². The molecule has 102 valence electrons. The van der Waals surface area contributed by atoms with Crippen molar-refractivity contribution in [1.82, 2.24) is 0 Å². The predicted molar refractivity (Wildman–Crippen MR) is 80.7 cm³/mol. The van der Waals surface area contributed by atoms with Crippen LogP contribution in [0.1, 0.15) is 38.5 Å². The number of nitriles is 1. The van der Waals surface area contributed by atoms with Crippen molar-refractivity contribution in [1.29, 1.82) is 5.26 Å². The summed E-state index contributed by atoms with van der Waals surface area (Å²) in [7, 11) is 0. The van der Waals surface area contributed by atoms with E-state index < -0.39 is 0 Å². The lowest BCUT2D eigenvalue weighted by atomic mass is 9.57. The Bertz CT molecular complexity index is 581. The monoisotopic (exact) mass is 263 g/mol. The van der Waals surface area contributed by atoms with Gasteiger partial charge in [-0.3, -0.25) is 0 Å². The van der Waals surface area contributed by atoms with E-state index in [9.17, 15) is 5.26 Å². The lowest BCUT2D eigenvalue weighted by Gasteiger charge is -2.47. The molecule has 0 bridgehead atoms. The maximum Gasteiger partial charge on any atom is 0.0700 e. The molecule has 4 atom stereocenters. The highest BCUT2D eigenvalue weighted by Gasteiger charge is 2.42. The Kier molecular flexibility index (Phi) is 2.91. The number of rotatable bonds is 0. The molecule has 0 spiro atoms. The molecule has 20 heavy (non-hydrogen) atoms. The minimum absolute atomic E-state index is 0.112. The van der Waals surface area contributed by atoms with E-state index in [0.717, 1.165) is 18.8 Å². The van der Waals surface area contributed by atoms with Gasteiger partial charge in [-0.15, -0.1) is 0 Å². The summed E-state index contributed by atoms with van der Waals surface area (Å²) >= 11 is 0. The highest BCUT2D eigenvalue weighted by atomic mass is 14.5. The molecular weight excluding hydrogens is 242 g/mol. The Morgan fingerprint density at radius 1 is 1.05 bits per heavy atom. The Labute approximate surface area is 121 Å². The molecule has 0 aromatic rings. The third-order valence-corrected chi connectivity index (χ3v) is 5.64. The van der Waals surface area contributed by atoms with Gasteiger partial charge in [0.2, 0.25) is 0 Å². The first-order valence-electron chi connectivity index (χ1n) is 8.07. The maximum atomic E-state index is 9.26. The lowest BCUT2D eigenvalue weighted by molar-refractivity contribution is 0.272. The summed E-state index contributed by atoms with van der Waals surface area (Å²) in [5, 5.41) is 9.26. The average Bonchev–Trinajstić information content (AvgIpc) is 2.54. The Morgan fingerprint density at radius 2 is 1.90 bits per heavy atom. The Morgan fingerprint density at radius 3 is 2.75 bits per heavy atom. The lowest BCUT2D eigenvalue weighted by Crippen LogP contribution is -2.35. The van der Waals surface area contributed by atoms with Gasteiger partial charge >= 0.3 is 0 Å². The zero-order valence-corrected chi connectivity index (χ0v) is 11.9. The van der Waals surface area contributed by atoms with Crippen LogP contribution >= 0.6 is 0 Å². The van der Waals surface area contributed by atoms with Crippen LogP contribution in [0.25, 0.3) is 0 Å². The molecule has 0 saturated heterocycles. The number of hydrogen-bond donors (Lipinski definition) is 0. The summed E-state index contributed by atoms with van der Waals surface area (Å²) in [5.74, 6) is 2.17. The van der Waals surface area contributed by atoms with Crippen molar-refractivity contribution in [2.24, 2.45) is 23.7 Å². The van der Waals surface area contributed by atoms with Gasteiger partial charge in [0.1, 0.15) is 0 Å². The molecule has 0 heterocycles. The first-order chi connectivity index (χ1) is 9.88. The van der Waals surface area contributed by atoms with Crippen LogP contribution in [0.5, 0.6) is 0 Å². The van der Waals surface area contributed by atoms with Crippen LogP contribution < -0.4 is 0 Å². The molecule has 1 heteroatoms. The second-order valence-electron chi connectivity index (χ2n) is 6.63. The van der Waals surface area contributed by atoms with Gasteiger partial charge < -0.3 is 0 Å². The Balaban J connectivity index is 1.80. The van der Waals surface area contributed by atoms with E-state index in [1.807, 2.05) is 0 Å². The summed E-state index contributed by atoms with van der Waals surface area (Å²) in [5.41, 5.74) is 4.80. The van der Waals surface area contributed by atoms with E-state index in [1.54, 1.807) is 16.7 Å². The van der Waals surface area contributed by atoms with Crippen molar-refractivity contribution in [3.8, 4) is 6.07 Å². The van der Waals surface area contributed by atoms with E-state index >= 15 is 0 Å². The highest BCUT2D eigenvalue weighted by Crippen LogP contribution is 2.54. The van der Waals surface area contributed by atoms with Crippen LogP contribution in [-0.2, 0) is 0 Å². The molecule has 4 aliphatic carbocycles. The second-order valence-corrected chi connectivity index (χ2v) is 6.63. The van der Waals surface area contributed by atoms with Crippen molar-refractivity contribution in [3.05, 3.63) is 47.1 Å². The first-order valence-corrected chi connectivity index (χ1v) is 8.07. The molecular formula is C19H21N. The molecule has 0 amide bonds. The summed E-state index contributed by atoms with van der Waals surface area (Å²) in [6.45, 7) is 0. The molecule has 4 aliphatic rings. The standard InChI is InChI=1S/C19H21N/c20-12-13-9-10-18-16-7-2-1-5-14(16)15-6-3-4-8-17(15)19(18)11-13/h1-2,5,10-11,13,15-17H,3-4,6-9H2. The van der Waals surface area contributed by atoms with E-state index in [-0.39, 0.29) is 5.92 Å². The number of hydrogen-bond acceptors (Lipinski definition) is 1. The Hall–Kier alpha value is -1.55. The molecule has 2 saturated carbocycles. The minimum Gasteiger partial charge on any atom is -0.198 e. The SMILES string of the molecule is N#CC1C=C2C(=CC1)C1CC=CC=C1C1CCCCC21. The molecule has 4 rings (SSSR count). The zero-order valence-electron chi connectivity index (χ0n) is 11.9. The van der Waals surface area contributed by atoms with Crippen molar-refractivity contribution >= 4 is 0 Å². The maximum absolute atomic E-state index is 9.26. The molecule has 0 aromatic heterocycles. The number of nitrogens with zero attached hydrogens (tertiary/aromatic N) is 1. The quantitative estimate of drug-likeness (QED) is 0.621. The summed E-state index contributed by atoms with van der Waals surface area (Å²) in [6.07, 6.45) is 19.1. The summed E-state index contributed by atoms with van der Waals surface area (Å²) < 4.78 is 0. The average molecular weight is 263 g/mol. The molecule has 4 unspecified atom stereocenters. The largest absolute Gasteiger partial charge is 0.198 e. The van der Waals surface area contributed by atoms with Crippen molar-refractivity contribution in [2.75, 3.05) is 0 Å². The van der Waals surface area contributed by atoms with Crippen LogP contribution in [0.4, 0.5) is 0 Å². The number of fused-ring (bicyclic) bond motifs is 6. The second kappa shape index (κ2) is 4.77. The normalized spacial score (nSPS) is 38.5. The fourth-order valence-corrected chi connectivity index (χ4v) is 4.76. The van der Waals surface area contributed by atoms with Crippen molar-refractivity contribution in [2.45, 2.75) is 38.5 Å². The van der Waals surface area contributed by atoms with Gasteiger partial charge in [-0.25, -0.2) is 0 Å². The van der Waals surface area contributed by atoms with E-state index in [2.05, 4.69) is 36.4 Å². The summed E-state index contributed by atoms with van der Waals surface area (Å²) in [6, 6.07) is 2.45. The van der Waals surface area contributed by atoms with Gasteiger partial charge in [0.25, 0.3) is 0 Å². The first kappa shape index (κ1) is 12.2.